The van der Waals surface area contributed by atoms with Crippen molar-refractivity contribution in [2.24, 2.45) is 5.92 Å². The van der Waals surface area contributed by atoms with Crippen LogP contribution in [0.4, 0.5) is 14.5 Å². The summed E-state index contributed by atoms with van der Waals surface area (Å²) in [5, 5.41) is 0.420. The van der Waals surface area contributed by atoms with Gasteiger partial charge in [-0.2, -0.15) is 0 Å². The van der Waals surface area contributed by atoms with E-state index in [1.807, 2.05) is 0 Å². The van der Waals surface area contributed by atoms with Crippen molar-refractivity contribution >= 4 is 23.2 Å². The zero-order chi connectivity index (χ0) is 15.0. The van der Waals surface area contributed by atoms with E-state index in [1.54, 1.807) is 18.2 Å². The molecule has 3 rings (SSSR count). The number of carbonyl (C=O) groups excluding carboxylic acids is 1. The van der Waals surface area contributed by atoms with Crippen molar-refractivity contribution in [3.05, 3.63) is 29.3 Å². The van der Waals surface area contributed by atoms with Gasteiger partial charge >= 0.3 is 0 Å². The summed E-state index contributed by atoms with van der Waals surface area (Å²) < 4.78 is 31.4. The van der Waals surface area contributed by atoms with Crippen molar-refractivity contribution in [3.63, 3.8) is 0 Å². The topological polar surface area (TPSA) is 29.5 Å². The Balaban J connectivity index is 1.83. The zero-order valence-corrected chi connectivity index (χ0v) is 12.1. The maximum Gasteiger partial charge on any atom is 0.256 e. The number of fused-ring (bicyclic) bond motifs is 2. The molecule has 1 amide bonds. The van der Waals surface area contributed by atoms with Crippen LogP contribution in [-0.2, 0) is 9.53 Å². The van der Waals surface area contributed by atoms with Crippen LogP contribution < -0.4 is 4.90 Å². The normalized spacial score (nSPS) is 27.3. The van der Waals surface area contributed by atoms with E-state index in [2.05, 4.69) is 0 Å². The SMILES string of the molecule is O=C([C@@H]1C[C@H]2CC[C@H]1O2)N(CC(F)F)c1cccc(Cl)c1. The minimum atomic E-state index is -2.59. The molecule has 0 saturated carbocycles. The molecule has 2 bridgehead atoms. The monoisotopic (exact) mass is 315 g/mol. The van der Waals surface area contributed by atoms with Gasteiger partial charge < -0.3 is 9.64 Å². The Kier molecular flexibility index (Phi) is 4.13. The summed E-state index contributed by atoms with van der Waals surface area (Å²) in [6, 6.07) is 6.47. The third kappa shape index (κ3) is 3.04. The van der Waals surface area contributed by atoms with Gasteiger partial charge in [-0.05, 0) is 37.5 Å². The Hall–Kier alpha value is -1.20. The van der Waals surface area contributed by atoms with Crippen LogP contribution in [0.2, 0.25) is 5.02 Å². The van der Waals surface area contributed by atoms with Crippen molar-refractivity contribution in [1.82, 2.24) is 0 Å². The van der Waals surface area contributed by atoms with Gasteiger partial charge in [-0.3, -0.25) is 4.79 Å². The van der Waals surface area contributed by atoms with Gasteiger partial charge in [0.15, 0.2) is 0 Å². The van der Waals surface area contributed by atoms with Crippen LogP contribution in [-0.4, -0.2) is 31.1 Å². The van der Waals surface area contributed by atoms with E-state index < -0.39 is 13.0 Å². The number of rotatable bonds is 4. The van der Waals surface area contributed by atoms with Crippen molar-refractivity contribution in [3.8, 4) is 0 Å². The van der Waals surface area contributed by atoms with Crippen molar-refractivity contribution in [2.45, 2.75) is 37.9 Å². The van der Waals surface area contributed by atoms with Gasteiger partial charge in [0, 0.05) is 10.7 Å². The van der Waals surface area contributed by atoms with Crippen LogP contribution in [0.25, 0.3) is 0 Å². The summed E-state index contributed by atoms with van der Waals surface area (Å²) in [5.74, 6) is -0.605. The molecule has 2 saturated heterocycles. The fourth-order valence-corrected chi connectivity index (χ4v) is 3.39. The molecule has 0 spiro atoms. The highest BCUT2D eigenvalue weighted by Crippen LogP contribution is 2.40. The Labute approximate surface area is 126 Å². The van der Waals surface area contributed by atoms with Crippen molar-refractivity contribution < 1.29 is 18.3 Å². The second-order valence-corrected chi connectivity index (χ2v) is 5.97. The van der Waals surface area contributed by atoms with Crippen LogP contribution in [0.15, 0.2) is 24.3 Å². The fraction of sp³-hybridized carbons (Fsp3) is 0.533. The van der Waals surface area contributed by atoms with Gasteiger partial charge in [-0.1, -0.05) is 17.7 Å². The molecule has 0 aromatic heterocycles. The second-order valence-electron chi connectivity index (χ2n) is 5.54. The largest absolute Gasteiger partial charge is 0.374 e. The maximum absolute atomic E-state index is 12.8. The molecular weight excluding hydrogens is 300 g/mol. The van der Waals surface area contributed by atoms with Crippen LogP contribution >= 0.6 is 11.6 Å². The molecular formula is C15H16ClF2NO2. The molecule has 0 unspecified atom stereocenters. The highest BCUT2D eigenvalue weighted by molar-refractivity contribution is 6.30. The molecule has 114 valence electrons. The molecule has 2 fully saturated rings. The highest BCUT2D eigenvalue weighted by atomic mass is 35.5. The first kappa shape index (κ1) is 14.7. The Morgan fingerprint density at radius 3 is 2.81 bits per heavy atom. The Bertz CT molecular complexity index is 540. The number of hydrogen-bond donors (Lipinski definition) is 0. The summed E-state index contributed by atoms with van der Waals surface area (Å²) in [4.78, 5) is 13.8. The molecule has 2 heterocycles. The molecule has 2 aliphatic heterocycles. The number of halogens is 3. The quantitative estimate of drug-likeness (QED) is 0.851. The fourth-order valence-electron chi connectivity index (χ4n) is 3.20. The Morgan fingerprint density at radius 2 is 2.24 bits per heavy atom. The lowest BCUT2D eigenvalue weighted by atomic mass is 9.88. The van der Waals surface area contributed by atoms with E-state index >= 15 is 0 Å². The third-order valence-electron chi connectivity index (χ3n) is 4.13. The van der Waals surface area contributed by atoms with Gasteiger partial charge in [0.25, 0.3) is 6.43 Å². The summed E-state index contributed by atoms with van der Waals surface area (Å²) in [5.41, 5.74) is 0.413. The van der Waals surface area contributed by atoms with Gasteiger partial charge in [-0.25, -0.2) is 8.78 Å². The van der Waals surface area contributed by atoms with Crippen LogP contribution in [0.3, 0.4) is 0 Å². The minimum absolute atomic E-state index is 0.108. The molecule has 2 aliphatic rings. The molecule has 3 atom stereocenters. The third-order valence-corrected chi connectivity index (χ3v) is 4.36. The average molecular weight is 316 g/mol. The summed E-state index contributed by atoms with van der Waals surface area (Å²) >= 11 is 5.90. The molecule has 6 heteroatoms. The number of amides is 1. The summed E-state index contributed by atoms with van der Waals surface area (Å²) in [7, 11) is 0. The number of anilines is 1. The number of benzene rings is 1. The Morgan fingerprint density at radius 1 is 1.43 bits per heavy atom. The van der Waals surface area contributed by atoms with E-state index in [9.17, 15) is 13.6 Å². The predicted molar refractivity (Wildman–Crippen MR) is 75.8 cm³/mol. The van der Waals surface area contributed by atoms with Crippen molar-refractivity contribution in [2.75, 3.05) is 11.4 Å². The lowest BCUT2D eigenvalue weighted by molar-refractivity contribution is -0.124. The molecule has 3 nitrogen and oxygen atoms in total. The maximum atomic E-state index is 12.8. The van der Waals surface area contributed by atoms with Gasteiger partial charge in [0.05, 0.1) is 24.7 Å². The first-order valence-corrected chi connectivity index (χ1v) is 7.43. The number of carbonyl (C=O) groups is 1. The van der Waals surface area contributed by atoms with E-state index in [0.717, 1.165) is 17.7 Å². The highest BCUT2D eigenvalue weighted by Gasteiger charge is 2.46. The van der Waals surface area contributed by atoms with E-state index in [-0.39, 0.29) is 24.0 Å². The van der Waals surface area contributed by atoms with E-state index in [0.29, 0.717) is 17.1 Å². The second kappa shape index (κ2) is 5.89. The minimum Gasteiger partial charge on any atom is -0.374 e. The molecule has 0 radical (unpaired) electrons. The van der Waals surface area contributed by atoms with Crippen LogP contribution in [0.1, 0.15) is 19.3 Å². The molecule has 1 aromatic carbocycles. The van der Waals surface area contributed by atoms with Gasteiger partial charge in [0.1, 0.15) is 0 Å². The van der Waals surface area contributed by atoms with E-state index in [1.165, 1.54) is 6.07 Å². The lowest BCUT2D eigenvalue weighted by Gasteiger charge is -2.28. The first-order chi connectivity index (χ1) is 10.0. The van der Waals surface area contributed by atoms with E-state index in [4.69, 9.17) is 16.3 Å². The number of alkyl halides is 2. The number of hydrogen-bond acceptors (Lipinski definition) is 2. The van der Waals surface area contributed by atoms with Gasteiger partial charge in [-0.15, -0.1) is 0 Å². The zero-order valence-electron chi connectivity index (χ0n) is 11.3. The molecule has 21 heavy (non-hydrogen) atoms. The van der Waals surface area contributed by atoms with Gasteiger partial charge in [0.2, 0.25) is 5.91 Å². The van der Waals surface area contributed by atoms with Crippen molar-refractivity contribution in [1.29, 1.82) is 0 Å². The lowest BCUT2D eigenvalue weighted by Crippen LogP contribution is -2.42. The molecule has 0 N–H and O–H groups in total. The number of nitrogens with zero attached hydrogens (tertiary/aromatic N) is 1. The standard InChI is InChI=1S/C15H16ClF2NO2/c16-9-2-1-3-10(6-9)19(8-14(17)18)15(20)12-7-11-4-5-13(12)21-11/h1-3,6,11-14H,4-5,7-8H2/t11-,12-,13-/m1/s1. The first-order valence-electron chi connectivity index (χ1n) is 7.05. The molecule has 1 aromatic rings. The van der Waals surface area contributed by atoms with Crippen LogP contribution in [0.5, 0.6) is 0 Å². The molecule has 0 aliphatic carbocycles. The number of ether oxygens (including phenoxy) is 1. The average Bonchev–Trinajstić information content (AvgIpc) is 3.06. The summed E-state index contributed by atoms with van der Waals surface area (Å²) in [6.07, 6.45) is -0.186. The summed E-state index contributed by atoms with van der Waals surface area (Å²) in [6.45, 7) is -0.618. The smallest absolute Gasteiger partial charge is 0.256 e. The predicted octanol–water partition coefficient (Wildman–Crippen LogP) is 3.51. The van der Waals surface area contributed by atoms with Crippen LogP contribution in [0, 0.1) is 5.92 Å².